The van der Waals surface area contributed by atoms with Crippen LogP contribution in [0.15, 0.2) is 10.7 Å². The molecule has 0 fully saturated rings. The summed E-state index contributed by atoms with van der Waals surface area (Å²) in [4.78, 5) is 31.3. The summed E-state index contributed by atoms with van der Waals surface area (Å²) in [6.07, 6.45) is 9.22. The zero-order valence-corrected chi connectivity index (χ0v) is 20.1. The molecule has 0 aliphatic heterocycles. The molecule has 1 aromatic rings. The zero-order chi connectivity index (χ0) is 22.6. The highest BCUT2D eigenvalue weighted by atomic mass is 16.3. The molecule has 1 rings (SSSR count). The van der Waals surface area contributed by atoms with Crippen LogP contribution in [0.5, 0.6) is 0 Å². The Balaban J connectivity index is 2.69. The highest BCUT2D eigenvalue weighted by molar-refractivity contribution is 5.91. The Hall–Kier alpha value is -1.85. The van der Waals surface area contributed by atoms with Crippen LogP contribution in [-0.2, 0) is 11.3 Å². The number of unbranched alkanes of at least 4 members (excludes halogenated alkanes) is 4. The number of carbonyl (C=O) groups is 2. The molecule has 1 heterocycles. The molecule has 1 aromatic heterocycles. The van der Waals surface area contributed by atoms with E-state index in [9.17, 15) is 9.59 Å². The summed E-state index contributed by atoms with van der Waals surface area (Å²) in [6.45, 7) is 14.7. The summed E-state index contributed by atoms with van der Waals surface area (Å²) in [5.74, 6) is 0.651. The van der Waals surface area contributed by atoms with E-state index in [0.29, 0.717) is 37.9 Å². The molecule has 2 amide bonds. The van der Waals surface area contributed by atoms with Gasteiger partial charge in [-0.3, -0.25) is 9.59 Å². The molecule has 0 bridgehead atoms. The second kappa shape index (κ2) is 13.5. The van der Waals surface area contributed by atoms with Crippen molar-refractivity contribution >= 4 is 11.8 Å². The summed E-state index contributed by atoms with van der Waals surface area (Å²) in [5.41, 5.74) is 0.484. The highest BCUT2D eigenvalue weighted by Gasteiger charge is 2.22. The van der Waals surface area contributed by atoms with Gasteiger partial charge in [0.25, 0.3) is 5.91 Å². The Morgan fingerprint density at radius 3 is 2.43 bits per heavy atom. The van der Waals surface area contributed by atoms with E-state index in [1.165, 1.54) is 6.26 Å². The summed E-state index contributed by atoms with van der Waals surface area (Å²) >= 11 is 0. The first-order valence-electron chi connectivity index (χ1n) is 11.7. The molecule has 30 heavy (non-hydrogen) atoms. The molecule has 6 nitrogen and oxygen atoms in total. The summed E-state index contributed by atoms with van der Waals surface area (Å²) in [5, 5.41) is 2.87. The molecule has 0 aromatic carbocycles. The van der Waals surface area contributed by atoms with Crippen molar-refractivity contribution in [3.8, 4) is 0 Å². The van der Waals surface area contributed by atoms with Crippen molar-refractivity contribution in [3.63, 3.8) is 0 Å². The maximum Gasteiger partial charge on any atom is 0.273 e. The Morgan fingerprint density at radius 2 is 1.80 bits per heavy atom. The maximum absolute atomic E-state index is 13.0. The van der Waals surface area contributed by atoms with Crippen LogP contribution in [-0.4, -0.2) is 34.8 Å². The number of carbonyl (C=O) groups excluding carboxylic acids is 2. The lowest BCUT2D eigenvalue weighted by molar-refractivity contribution is -0.133. The smallest absolute Gasteiger partial charge is 0.273 e. The molecule has 0 aliphatic carbocycles. The first kappa shape index (κ1) is 26.2. The SMILES string of the molecule is CCCCCNC(=O)c1coc(CN(CCCCC)C(=O)CC(C)CC(C)(C)C)n1. The Morgan fingerprint density at radius 1 is 1.13 bits per heavy atom. The van der Waals surface area contributed by atoms with Crippen molar-refractivity contribution in [1.82, 2.24) is 15.2 Å². The van der Waals surface area contributed by atoms with Gasteiger partial charge < -0.3 is 14.6 Å². The minimum absolute atomic E-state index is 0.131. The highest BCUT2D eigenvalue weighted by Crippen LogP contribution is 2.26. The third-order valence-corrected chi connectivity index (χ3v) is 5.04. The molecule has 1 N–H and O–H groups in total. The third kappa shape index (κ3) is 10.8. The molecule has 1 unspecified atom stereocenters. The van der Waals surface area contributed by atoms with Crippen LogP contribution in [0.4, 0.5) is 0 Å². The van der Waals surface area contributed by atoms with Gasteiger partial charge in [-0.2, -0.15) is 0 Å². The van der Waals surface area contributed by atoms with Crippen molar-refractivity contribution < 1.29 is 14.0 Å². The molecule has 172 valence electrons. The van der Waals surface area contributed by atoms with E-state index in [4.69, 9.17) is 4.42 Å². The molecule has 0 aliphatic rings. The van der Waals surface area contributed by atoms with Gasteiger partial charge in [0.1, 0.15) is 6.26 Å². The number of oxazole rings is 1. The molecule has 6 heteroatoms. The number of nitrogens with zero attached hydrogens (tertiary/aromatic N) is 2. The zero-order valence-electron chi connectivity index (χ0n) is 20.1. The largest absolute Gasteiger partial charge is 0.446 e. The molecule has 1 atom stereocenters. The molecule has 0 saturated heterocycles. The van der Waals surface area contributed by atoms with Crippen LogP contribution in [0.2, 0.25) is 0 Å². The van der Waals surface area contributed by atoms with E-state index in [-0.39, 0.29) is 22.9 Å². The lowest BCUT2D eigenvalue weighted by atomic mass is 9.84. The van der Waals surface area contributed by atoms with E-state index in [1.807, 2.05) is 4.90 Å². The van der Waals surface area contributed by atoms with Gasteiger partial charge in [-0.05, 0) is 30.6 Å². The average molecular weight is 422 g/mol. The summed E-state index contributed by atoms with van der Waals surface area (Å²) in [7, 11) is 0. The molecular weight excluding hydrogens is 378 g/mol. The molecule has 0 radical (unpaired) electrons. The maximum atomic E-state index is 13.0. The van der Waals surface area contributed by atoms with Gasteiger partial charge in [0, 0.05) is 19.5 Å². The van der Waals surface area contributed by atoms with E-state index in [2.05, 4.69) is 51.8 Å². The fourth-order valence-corrected chi connectivity index (χ4v) is 3.71. The van der Waals surface area contributed by atoms with Crippen molar-refractivity contribution in [2.75, 3.05) is 13.1 Å². The number of amides is 2. The quantitative estimate of drug-likeness (QED) is 0.398. The van der Waals surface area contributed by atoms with Gasteiger partial charge in [-0.1, -0.05) is 67.2 Å². The topological polar surface area (TPSA) is 75.4 Å². The number of rotatable bonds is 14. The standard InChI is InChI=1S/C24H43N3O3/c1-7-9-11-13-25-23(29)20-18-30-21(26-20)17-27(14-12-10-8-2)22(28)15-19(3)16-24(4,5)6/h18-19H,7-17H2,1-6H3,(H,25,29). The Labute approximate surface area is 183 Å². The van der Waals surface area contributed by atoms with Gasteiger partial charge in [0.2, 0.25) is 11.8 Å². The molecule has 0 spiro atoms. The van der Waals surface area contributed by atoms with Crippen LogP contribution in [0, 0.1) is 11.3 Å². The van der Waals surface area contributed by atoms with Crippen molar-refractivity contribution in [3.05, 3.63) is 17.8 Å². The predicted molar refractivity (Wildman–Crippen MR) is 121 cm³/mol. The van der Waals surface area contributed by atoms with Gasteiger partial charge in [0.05, 0.1) is 6.54 Å². The first-order chi connectivity index (χ1) is 14.2. The average Bonchev–Trinajstić information content (AvgIpc) is 3.11. The van der Waals surface area contributed by atoms with Gasteiger partial charge in [-0.15, -0.1) is 0 Å². The Kier molecular flexibility index (Phi) is 11.7. The van der Waals surface area contributed by atoms with Gasteiger partial charge in [-0.25, -0.2) is 4.98 Å². The van der Waals surface area contributed by atoms with Crippen LogP contribution in [0.1, 0.15) is 109 Å². The normalized spacial score (nSPS) is 12.6. The van der Waals surface area contributed by atoms with Crippen LogP contribution >= 0.6 is 0 Å². The lowest BCUT2D eigenvalue weighted by Gasteiger charge is -2.26. The van der Waals surface area contributed by atoms with Crippen LogP contribution in [0.3, 0.4) is 0 Å². The van der Waals surface area contributed by atoms with Crippen LogP contribution in [0.25, 0.3) is 0 Å². The minimum Gasteiger partial charge on any atom is -0.446 e. The van der Waals surface area contributed by atoms with E-state index < -0.39 is 0 Å². The van der Waals surface area contributed by atoms with E-state index in [1.54, 1.807) is 0 Å². The summed E-state index contributed by atoms with van der Waals surface area (Å²) < 4.78 is 5.52. The van der Waals surface area contributed by atoms with Gasteiger partial charge in [0.15, 0.2) is 5.69 Å². The van der Waals surface area contributed by atoms with Crippen molar-refractivity contribution in [2.45, 2.75) is 99.5 Å². The predicted octanol–water partition coefficient (Wildman–Crippen LogP) is 5.58. The number of hydrogen-bond acceptors (Lipinski definition) is 4. The van der Waals surface area contributed by atoms with Crippen LogP contribution < -0.4 is 5.32 Å². The number of aromatic nitrogens is 1. The lowest BCUT2D eigenvalue weighted by Crippen LogP contribution is -2.33. The second-order valence-electron chi connectivity index (χ2n) is 9.69. The molecule has 0 saturated carbocycles. The minimum atomic E-state index is -0.219. The van der Waals surface area contributed by atoms with Crippen molar-refractivity contribution in [2.24, 2.45) is 11.3 Å². The fraction of sp³-hybridized carbons (Fsp3) is 0.792. The first-order valence-corrected chi connectivity index (χ1v) is 11.7. The fourth-order valence-electron chi connectivity index (χ4n) is 3.71. The number of nitrogens with one attached hydrogen (secondary N) is 1. The van der Waals surface area contributed by atoms with Crippen molar-refractivity contribution in [1.29, 1.82) is 0 Å². The van der Waals surface area contributed by atoms with Gasteiger partial charge >= 0.3 is 0 Å². The molecular formula is C24H43N3O3. The summed E-state index contributed by atoms with van der Waals surface area (Å²) in [6, 6.07) is 0. The Bertz CT molecular complexity index is 634. The monoisotopic (exact) mass is 421 g/mol. The second-order valence-corrected chi connectivity index (χ2v) is 9.69. The van der Waals surface area contributed by atoms with E-state index in [0.717, 1.165) is 44.9 Å². The number of hydrogen-bond donors (Lipinski definition) is 1. The third-order valence-electron chi connectivity index (χ3n) is 5.04. The van der Waals surface area contributed by atoms with E-state index >= 15 is 0 Å².